The number of likely N-dealkylation sites (tertiary alicyclic amines) is 1. The summed E-state index contributed by atoms with van der Waals surface area (Å²) in [5.41, 5.74) is 0.137. The lowest BCUT2D eigenvalue weighted by Gasteiger charge is -2.38. The third-order valence-corrected chi connectivity index (χ3v) is 9.10. The van der Waals surface area contributed by atoms with Crippen molar-refractivity contribution < 1.29 is 37.0 Å². The van der Waals surface area contributed by atoms with Crippen molar-refractivity contribution in [1.29, 1.82) is 0 Å². The van der Waals surface area contributed by atoms with Crippen LogP contribution >= 0.6 is 0 Å². The van der Waals surface area contributed by atoms with Gasteiger partial charge in [0.25, 0.3) is 0 Å². The van der Waals surface area contributed by atoms with Gasteiger partial charge in [-0.05, 0) is 36.6 Å². The number of fused-ring (bicyclic) bond motifs is 1. The lowest BCUT2D eigenvalue weighted by atomic mass is 9.95. The molecule has 3 aromatic rings. The SMILES string of the molecule is C=CC(=O)N1CCC(C(=O)N2CCN(Cc3cc4c(N5CCOCC5)nc(-c5cnc(NC(=O)OC)cc5C(F)(F)F)nn4c3)CC2)CC1. The van der Waals surface area contributed by atoms with E-state index in [-0.39, 0.29) is 34.9 Å². The van der Waals surface area contributed by atoms with E-state index in [1.165, 1.54) is 6.08 Å². The standard InChI is InChI=1S/C32H38F3N9O5/c1-3-27(45)41-6-4-22(5-7-41)30(46)43-10-8-40(9-11-43)19-21-16-25-29(42-12-14-49-15-13-42)38-28(39-44(25)20-21)23-18-36-26(37-31(47)48-2)17-24(23)32(33,34)35/h3,16-18,20,22H,1,4-15,19H2,2H3,(H,36,37,47). The highest BCUT2D eigenvalue weighted by molar-refractivity contribution is 5.87. The maximum absolute atomic E-state index is 14.3. The predicted molar refractivity (Wildman–Crippen MR) is 172 cm³/mol. The van der Waals surface area contributed by atoms with Crippen molar-refractivity contribution in [1.82, 2.24) is 34.3 Å². The summed E-state index contributed by atoms with van der Waals surface area (Å²) in [5, 5.41) is 6.67. The van der Waals surface area contributed by atoms with E-state index < -0.39 is 17.8 Å². The molecule has 17 heteroatoms. The first-order chi connectivity index (χ1) is 23.5. The molecule has 0 unspecified atom stereocenters. The van der Waals surface area contributed by atoms with Crippen LogP contribution in [-0.4, -0.2) is 125 Å². The number of piperidine rings is 1. The van der Waals surface area contributed by atoms with Gasteiger partial charge in [0.2, 0.25) is 11.8 Å². The normalized spacial score (nSPS) is 18.1. The van der Waals surface area contributed by atoms with Gasteiger partial charge in [-0.3, -0.25) is 19.8 Å². The number of nitrogens with zero attached hydrogens (tertiary/aromatic N) is 8. The molecule has 0 radical (unpaired) electrons. The number of pyridine rings is 1. The van der Waals surface area contributed by atoms with Gasteiger partial charge in [0, 0.05) is 77.2 Å². The Morgan fingerprint density at radius 2 is 1.76 bits per heavy atom. The number of carbonyl (C=O) groups is 3. The van der Waals surface area contributed by atoms with Gasteiger partial charge in [-0.2, -0.15) is 13.2 Å². The number of anilines is 2. The molecule has 1 N–H and O–H groups in total. The molecule has 0 spiro atoms. The van der Waals surface area contributed by atoms with Gasteiger partial charge in [-0.15, -0.1) is 5.10 Å². The van der Waals surface area contributed by atoms with Gasteiger partial charge in [-0.25, -0.2) is 19.3 Å². The highest BCUT2D eigenvalue weighted by Gasteiger charge is 2.36. The zero-order valence-electron chi connectivity index (χ0n) is 27.1. The van der Waals surface area contributed by atoms with Crippen LogP contribution < -0.4 is 10.2 Å². The molecule has 49 heavy (non-hydrogen) atoms. The second-order valence-corrected chi connectivity index (χ2v) is 12.2. The summed E-state index contributed by atoms with van der Waals surface area (Å²) in [6, 6.07) is 2.67. The average molecular weight is 686 g/mol. The van der Waals surface area contributed by atoms with Crippen molar-refractivity contribution in [2.45, 2.75) is 25.6 Å². The Morgan fingerprint density at radius 3 is 2.41 bits per heavy atom. The Bertz CT molecular complexity index is 1710. The molecular weight excluding hydrogens is 647 g/mol. The van der Waals surface area contributed by atoms with E-state index in [1.807, 2.05) is 15.9 Å². The minimum Gasteiger partial charge on any atom is -0.453 e. The molecule has 6 heterocycles. The van der Waals surface area contributed by atoms with Crippen LogP contribution in [0, 0.1) is 5.92 Å². The van der Waals surface area contributed by atoms with Crippen LogP contribution in [0.15, 0.2) is 37.2 Å². The first-order valence-corrected chi connectivity index (χ1v) is 16.1. The minimum atomic E-state index is -4.80. The number of methoxy groups -OCH3 is 1. The summed E-state index contributed by atoms with van der Waals surface area (Å²) < 4.78 is 54.4. The van der Waals surface area contributed by atoms with Gasteiger partial charge in [-0.1, -0.05) is 6.58 Å². The number of hydrogen-bond acceptors (Lipinski definition) is 10. The first-order valence-electron chi connectivity index (χ1n) is 16.1. The molecule has 3 amide bonds. The number of morpholine rings is 1. The Labute approximate surface area is 280 Å². The van der Waals surface area contributed by atoms with Crippen molar-refractivity contribution >= 4 is 35.1 Å². The van der Waals surface area contributed by atoms with Crippen molar-refractivity contribution in [2.24, 2.45) is 5.92 Å². The van der Waals surface area contributed by atoms with E-state index in [9.17, 15) is 27.6 Å². The van der Waals surface area contributed by atoms with Gasteiger partial charge >= 0.3 is 12.3 Å². The second kappa shape index (κ2) is 14.4. The fourth-order valence-corrected chi connectivity index (χ4v) is 6.46. The smallest absolute Gasteiger partial charge is 0.417 e. The average Bonchev–Trinajstić information content (AvgIpc) is 3.53. The van der Waals surface area contributed by atoms with Gasteiger partial charge in [0.05, 0.1) is 31.5 Å². The number of piperazine rings is 1. The van der Waals surface area contributed by atoms with Gasteiger partial charge < -0.3 is 24.2 Å². The van der Waals surface area contributed by atoms with E-state index in [0.717, 1.165) is 24.9 Å². The molecule has 0 atom stereocenters. The summed E-state index contributed by atoms with van der Waals surface area (Å²) in [6.07, 6.45) is -0.388. The number of hydrogen-bond donors (Lipinski definition) is 1. The van der Waals surface area contributed by atoms with Crippen LogP contribution in [0.1, 0.15) is 24.0 Å². The molecule has 0 aliphatic carbocycles. The number of carbonyl (C=O) groups excluding carboxylic acids is 3. The molecule has 3 fully saturated rings. The van der Waals surface area contributed by atoms with Crippen molar-refractivity contribution in [3.8, 4) is 11.4 Å². The monoisotopic (exact) mass is 685 g/mol. The number of amides is 3. The molecule has 3 aromatic heterocycles. The van der Waals surface area contributed by atoms with Crippen molar-refractivity contribution in [3.63, 3.8) is 0 Å². The fraction of sp³-hybridized carbons (Fsp3) is 0.500. The van der Waals surface area contributed by atoms with Crippen molar-refractivity contribution in [3.05, 3.63) is 48.3 Å². The zero-order chi connectivity index (χ0) is 34.7. The maximum Gasteiger partial charge on any atom is 0.417 e. The quantitative estimate of drug-likeness (QED) is 0.370. The van der Waals surface area contributed by atoms with Crippen LogP contribution in [0.3, 0.4) is 0 Å². The molecule has 6 rings (SSSR count). The van der Waals surface area contributed by atoms with Crippen LogP contribution in [-0.2, 0) is 31.8 Å². The summed E-state index contributed by atoms with van der Waals surface area (Å²) in [7, 11) is 1.10. The number of aromatic nitrogens is 4. The topological polar surface area (TPSA) is 138 Å². The Hall–Kier alpha value is -4.77. The van der Waals surface area contributed by atoms with Crippen LogP contribution in [0.4, 0.5) is 29.6 Å². The summed E-state index contributed by atoms with van der Waals surface area (Å²) in [6.45, 7) is 9.54. The van der Waals surface area contributed by atoms with E-state index in [0.29, 0.717) is 96.3 Å². The summed E-state index contributed by atoms with van der Waals surface area (Å²) in [5.74, 6) is -0.110. The number of rotatable bonds is 7. The molecule has 3 aliphatic heterocycles. The molecule has 3 aliphatic rings. The molecule has 0 bridgehead atoms. The zero-order valence-corrected chi connectivity index (χ0v) is 27.1. The largest absolute Gasteiger partial charge is 0.453 e. The lowest BCUT2D eigenvalue weighted by molar-refractivity contribution is -0.141. The lowest BCUT2D eigenvalue weighted by Crippen LogP contribution is -2.51. The number of alkyl halides is 3. The van der Waals surface area contributed by atoms with Crippen LogP contribution in [0.25, 0.3) is 16.9 Å². The maximum atomic E-state index is 14.3. The predicted octanol–water partition coefficient (Wildman–Crippen LogP) is 2.89. The van der Waals surface area contributed by atoms with Gasteiger partial charge in [0.1, 0.15) is 11.3 Å². The third-order valence-electron chi connectivity index (χ3n) is 9.10. The highest BCUT2D eigenvalue weighted by Crippen LogP contribution is 2.38. The molecular formula is C32H38F3N9O5. The Balaban J connectivity index is 1.21. The fourth-order valence-electron chi connectivity index (χ4n) is 6.46. The summed E-state index contributed by atoms with van der Waals surface area (Å²) >= 11 is 0. The Morgan fingerprint density at radius 1 is 1.04 bits per heavy atom. The van der Waals surface area contributed by atoms with Crippen molar-refractivity contribution in [2.75, 3.05) is 82.9 Å². The second-order valence-electron chi connectivity index (χ2n) is 12.2. The highest BCUT2D eigenvalue weighted by atomic mass is 19.4. The van der Waals surface area contributed by atoms with Crippen LogP contribution in [0.5, 0.6) is 0 Å². The van der Waals surface area contributed by atoms with Gasteiger partial charge in [0.15, 0.2) is 11.6 Å². The van der Waals surface area contributed by atoms with Crippen LogP contribution in [0.2, 0.25) is 0 Å². The third kappa shape index (κ3) is 7.62. The number of ether oxygens (including phenoxy) is 2. The molecule has 0 aromatic carbocycles. The van der Waals surface area contributed by atoms with E-state index in [1.54, 1.807) is 15.6 Å². The number of halogens is 3. The number of nitrogens with one attached hydrogen (secondary N) is 1. The van der Waals surface area contributed by atoms with E-state index in [4.69, 9.17) is 4.74 Å². The molecule has 14 nitrogen and oxygen atoms in total. The minimum absolute atomic E-state index is 0.100. The summed E-state index contributed by atoms with van der Waals surface area (Å²) in [4.78, 5) is 53.2. The molecule has 0 saturated carbocycles. The van der Waals surface area contributed by atoms with E-state index >= 15 is 0 Å². The molecule has 262 valence electrons. The first kappa shape index (κ1) is 34.1. The Kier molecular flexibility index (Phi) is 10.0. The van der Waals surface area contributed by atoms with E-state index in [2.05, 4.69) is 36.6 Å². The molecule has 3 saturated heterocycles.